The Balaban J connectivity index is 2.95. The second-order valence-corrected chi connectivity index (χ2v) is 4.69. The summed E-state index contributed by atoms with van der Waals surface area (Å²) in [6, 6.07) is 1.65. The van der Waals surface area contributed by atoms with Crippen molar-refractivity contribution in [1.29, 1.82) is 0 Å². The Bertz CT molecular complexity index is 336. The highest BCUT2D eigenvalue weighted by Crippen LogP contribution is 2.21. The molecule has 0 aliphatic heterocycles. The summed E-state index contributed by atoms with van der Waals surface area (Å²) in [4.78, 5) is 8.49. The summed E-state index contributed by atoms with van der Waals surface area (Å²) in [7, 11) is 0. The van der Waals surface area contributed by atoms with Gasteiger partial charge in [0.2, 0.25) is 0 Å². The molecule has 0 saturated carbocycles. The van der Waals surface area contributed by atoms with Crippen LogP contribution < -0.4 is 5.32 Å². The molecule has 0 spiro atoms. The van der Waals surface area contributed by atoms with E-state index in [4.69, 9.17) is 16.7 Å². The van der Waals surface area contributed by atoms with E-state index in [0.717, 1.165) is 0 Å². The van der Waals surface area contributed by atoms with Crippen molar-refractivity contribution in [2.45, 2.75) is 26.2 Å². The fourth-order valence-electron chi connectivity index (χ4n) is 1.03. The summed E-state index contributed by atoms with van der Waals surface area (Å²) in [6.45, 7) is 6.58. The summed E-state index contributed by atoms with van der Waals surface area (Å²) < 4.78 is 0. The first-order valence-corrected chi connectivity index (χ1v) is 5.21. The minimum Gasteiger partial charge on any atom is -0.395 e. The smallest absolute Gasteiger partial charge is 0.137 e. The van der Waals surface area contributed by atoms with Gasteiger partial charge in [0.05, 0.1) is 6.61 Å². The Morgan fingerprint density at radius 2 is 2.07 bits per heavy atom. The Morgan fingerprint density at radius 3 is 2.60 bits per heavy atom. The van der Waals surface area contributed by atoms with Crippen molar-refractivity contribution in [3.8, 4) is 0 Å². The lowest BCUT2D eigenvalue weighted by molar-refractivity contribution is 0.311. The fourth-order valence-corrected chi connectivity index (χ4v) is 1.21. The van der Waals surface area contributed by atoms with Crippen molar-refractivity contribution in [3.05, 3.63) is 17.0 Å². The minimum absolute atomic E-state index is 0.0620. The average molecular weight is 230 g/mol. The predicted octanol–water partition coefficient (Wildman–Crippen LogP) is 1.83. The number of hydrogen-bond donors (Lipinski definition) is 2. The van der Waals surface area contributed by atoms with Crippen LogP contribution in [0.2, 0.25) is 5.15 Å². The molecule has 1 heterocycles. The van der Waals surface area contributed by atoms with E-state index in [1.807, 2.05) is 20.8 Å². The molecule has 2 N–H and O–H groups in total. The summed E-state index contributed by atoms with van der Waals surface area (Å²) >= 11 is 5.88. The number of nitrogens with one attached hydrogen (secondary N) is 1. The summed E-state index contributed by atoms with van der Waals surface area (Å²) in [5.41, 5.74) is -0.138. The lowest BCUT2D eigenvalue weighted by Crippen LogP contribution is -2.18. The van der Waals surface area contributed by atoms with Gasteiger partial charge < -0.3 is 10.4 Å². The van der Waals surface area contributed by atoms with Gasteiger partial charge in [-0.3, -0.25) is 0 Å². The van der Waals surface area contributed by atoms with Crippen molar-refractivity contribution in [2.24, 2.45) is 0 Å². The Labute approximate surface area is 94.7 Å². The highest BCUT2D eigenvalue weighted by Gasteiger charge is 2.18. The third-order valence-electron chi connectivity index (χ3n) is 1.78. The molecule has 0 aliphatic carbocycles. The zero-order valence-corrected chi connectivity index (χ0v) is 9.97. The highest BCUT2D eigenvalue weighted by molar-refractivity contribution is 6.29. The molecular weight excluding hydrogens is 214 g/mol. The van der Waals surface area contributed by atoms with Crippen molar-refractivity contribution in [1.82, 2.24) is 9.97 Å². The van der Waals surface area contributed by atoms with Gasteiger partial charge in [0.15, 0.2) is 0 Å². The van der Waals surface area contributed by atoms with Gasteiger partial charge in [-0.05, 0) is 0 Å². The van der Waals surface area contributed by atoms with Crippen molar-refractivity contribution < 1.29 is 5.11 Å². The molecule has 4 nitrogen and oxygen atoms in total. The van der Waals surface area contributed by atoms with E-state index >= 15 is 0 Å². The number of anilines is 1. The summed E-state index contributed by atoms with van der Waals surface area (Å²) in [5, 5.41) is 12.1. The SMILES string of the molecule is CC(C)(C)c1nc(Cl)cc(NCCO)n1. The molecule has 0 atom stereocenters. The number of hydrogen-bond acceptors (Lipinski definition) is 4. The third-order valence-corrected chi connectivity index (χ3v) is 1.98. The Kier molecular flexibility index (Phi) is 3.88. The van der Waals surface area contributed by atoms with E-state index < -0.39 is 0 Å². The number of nitrogens with zero attached hydrogens (tertiary/aromatic N) is 2. The van der Waals surface area contributed by atoms with Crippen LogP contribution in [-0.4, -0.2) is 28.2 Å². The van der Waals surface area contributed by atoms with Gasteiger partial charge in [0.25, 0.3) is 0 Å². The maximum atomic E-state index is 8.69. The van der Waals surface area contributed by atoms with Crippen LogP contribution in [0.1, 0.15) is 26.6 Å². The van der Waals surface area contributed by atoms with Gasteiger partial charge in [-0.15, -0.1) is 0 Å². The second-order valence-electron chi connectivity index (χ2n) is 4.30. The van der Waals surface area contributed by atoms with Gasteiger partial charge in [0.1, 0.15) is 16.8 Å². The first-order chi connectivity index (χ1) is 6.93. The molecule has 15 heavy (non-hydrogen) atoms. The van der Waals surface area contributed by atoms with E-state index in [-0.39, 0.29) is 12.0 Å². The van der Waals surface area contributed by atoms with E-state index in [9.17, 15) is 0 Å². The maximum Gasteiger partial charge on any atom is 0.137 e. The molecule has 84 valence electrons. The van der Waals surface area contributed by atoms with Crippen LogP contribution in [0.5, 0.6) is 0 Å². The molecule has 0 unspecified atom stereocenters. The van der Waals surface area contributed by atoms with Crippen molar-refractivity contribution in [2.75, 3.05) is 18.5 Å². The third kappa shape index (κ3) is 3.64. The molecular formula is C10H16ClN3O. The molecule has 1 aromatic heterocycles. The van der Waals surface area contributed by atoms with E-state index in [1.54, 1.807) is 6.07 Å². The molecule has 0 fully saturated rings. The number of halogens is 1. The van der Waals surface area contributed by atoms with Gasteiger partial charge in [-0.25, -0.2) is 9.97 Å². The van der Waals surface area contributed by atoms with Crippen LogP contribution in [-0.2, 0) is 5.41 Å². The first-order valence-electron chi connectivity index (χ1n) is 4.83. The van der Waals surface area contributed by atoms with Crippen molar-refractivity contribution >= 4 is 17.4 Å². The minimum atomic E-state index is -0.138. The zero-order chi connectivity index (χ0) is 11.5. The van der Waals surface area contributed by atoms with Crippen LogP contribution in [0, 0.1) is 0 Å². The van der Waals surface area contributed by atoms with Crippen LogP contribution in [0.4, 0.5) is 5.82 Å². The molecule has 1 rings (SSSR count). The molecule has 0 saturated heterocycles. The molecule has 0 aliphatic rings. The van der Waals surface area contributed by atoms with E-state index in [0.29, 0.717) is 23.3 Å². The number of rotatable bonds is 3. The molecule has 0 amide bonds. The number of aliphatic hydroxyl groups excluding tert-OH is 1. The maximum absolute atomic E-state index is 8.69. The van der Waals surface area contributed by atoms with Crippen LogP contribution in [0.25, 0.3) is 0 Å². The quantitative estimate of drug-likeness (QED) is 0.777. The van der Waals surface area contributed by atoms with Crippen molar-refractivity contribution in [3.63, 3.8) is 0 Å². The number of aromatic nitrogens is 2. The lowest BCUT2D eigenvalue weighted by Gasteiger charge is -2.17. The molecule has 0 bridgehead atoms. The van der Waals surface area contributed by atoms with Gasteiger partial charge >= 0.3 is 0 Å². The Morgan fingerprint density at radius 1 is 1.40 bits per heavy atom. The number of aliphatic hydroxyl groups is 1. The molecule has 1 aromatic rings. The lowest BCUT2D eigenvalue weighted by atomic mass is 9.96. The molecule has 0 radical (unpaired) electrons. The summed E-state index contributed by atoms with van der Waals surface area (Å²) in [5.74, 6) is 1.34. The molecule has 0 aromatic carbocycles. The molecule has 5 heteroatoms. The van der Waals surface area contributed by atoms with Gasteiger partial charge in [-0.2, -0.15) is 0 Å². The largest absolute Gasteiger partial charge is 0.395 e. The first kappa shape index (κ1) is 12.2. The average Bonchev–Trinajstić information content (AvgIpc) is 2.12. The second kappa shape index (κ2) is 4.77. The zero-order valence-electron chi connectivity index (χ0n) is 9.21. The predicted molar refractivity (Wildman–Crippen MR) is 61.3 cm³/mol. The van der Waals surface area contributed by atoms with Gasteiger partial charge in [0, 0.05) is 18.0 Å². The van der Waals surface area contributed by atoms with E-state index in [1.165, 1.54) is 0 Å². The van der Waals surface area contributed by atoms with Gasteiger partial charge in [-0.1, -0.05) is 32.4 Å². The fraction of sp³-hybridized carbons (Fsp3) is 0.600. The Hall–Kier alpha value is -0.870. The highest BCUT2D eigenvalue weighted by atomic mass is 35.5. The normalized spacial score (nSPS) is 11.5. The standard InChI is InChI=1S/C10H16ClN3O/c1-10(2,3)9-13-7(11)6-8(14-9)12-4-5-15/h6,15H,4-5H2,1-3H3,(H,12,13,14). The van der Waals surface area contributed by atoms with Crippen LogP contribution in [0.3, 0.4) is 0 Å². The van der Waals surface area contributed by atoms with Crippen LogP contribution >= 0.6 is 11.6 Å². The van der Waals surface area contributed by atoms with E-state index in [2.05, 4.69) is 15.3 Å². The topological polar surface area (TPSA) is 58.0 Å². The van der Waals surface area contributed by atoms with Crippen LogP contribution in [0.15, 0.2) is 6.07 Å². The summed E-state index contributed by atoms with van der Waals surface area (Å²) in [6.07, 6.45) is 0. The monoisotopic (exact) mass is 229 g/mol.